The van der Waals surface area contributed by atoms with E-state index in [-0.39, 0.29) is 11.4 Å². The SMILES string of the molecule is C=C(C)CCSc1nc(N)cc(=O)[nH]1. The third kappa shape index (κ3) is 3.66. The van der Waals surface area contributed by atoms with Gasteiger partial charge in [-0.2, -0.15) is 0 Å². The molecular weight excluding hydrogens is 198 g/mol. The highest BCUT2D eigenvalue weighted by atomic mass is 32.2. The molecule has 0 saturated carbocycles. The van der Waals surface area contributed by atoms with Crippen molar-refractivity contribution in [3.8, 4) is 0 Å². The molecule has 1 aromatic heterocycles. The fourth-order valence-corrected chi connectivity index (χ4v) is 1.83. The Balaban J connectivity index is 2.59. The van der Waals surface area contributed by atoms with Crippen LogP contribution in [0.3, 0.4) is 0 Å². The van der Waals surface area contributed by atoms with Gasteiger partial charge in [0.05, 0.1) is 0 Å². The Bertz CT molecular complexity index is 386. The minimum absolute atomic E-state index is 0.213. The molecule has 0 amide bonds. The molecular formula is C9H13N3OS. The third-order valence-corrected chi connectivity index (χ3v) is 2.38. The number of nitrogens with one attached hydrogen (secondary N) is 1. The lowest BCUT2D eigenvalue weighted by atomic mass is 10.3. The minimum Gasteiger partial charge on any atom is -0.383 e. The van der Waals surface area contributed by atoms with Gasteiger partial charge < -0.3 is 10.7 Å². The number of nitrogens with two attached hydrogens (primary N) is 1. The van der Waals surface area contributed by atoms with Crippen molar-refractivity contribution < 1.29 is 0 Å². The molecule has 0 unspecified atom stereocenters. The monoisotopic (exact) mass is 211 g/mol. The molecule has 1 rings (SSSR count). The fourth-order valence-electron chi connectivity index (χ4n) is 0.844. The highest BCUT2D eigenvalue weighted by Crippen LogP contribution is 2.14. The predicted octanol–water partition coefficient (Wildman–Crippen LogP) is 1.41. The standard InChI is InChI=1S/C9H13N3OS/c1-6(2)3-4-14-9-11-7(10)5-8(13)12-9/h5H,1,3-4H2,2H3,(H3,10,11,12,13). The lowest BCUT2D eigenvalue weighted by molar-refractivity contribution is 0.942. The van der Waals surface area contributed by atoms with Crippen LogP contribution in [0.15, 0.2) is 28.2 Å². The van der Waals surface area contributed by atoms with Crippen LogP contribution in [0.1, 0.15) is 13.3 Å². The summed E-state index contributed by atoms with van der Waals surface area (Å²) in [6.45, 7) is 5.76. The number of rotatable bonds is 4. The van der Waals surface area contributed by atoms with Crippen LogP contribution < -0.4 is 11.3 Å². The summed E-state index contributed by atoms with van der Waals surface area (Å²) in [5, 5.41) is 0.566. The van der Waals surface area contributed by atoms with E-state index in [2.05, 4.69) is 16.5 Å². The Morgan fingerprint density at radius 3 is 3.07 bits per heavy atom. The summed E-state index contributed by atoms with van der Waals surface area (Å²) in [6.07, 6.45) is 0.906. The number of anilines is 1. The van der Waals surface area contributed by atoms with Gasteiger partial charge in [-0.3, -0.25) is 4.79 Å². The Kier molecular flexibility index (Phi) is 3.76. The summed E-state index contributed by atoms with van der Waals surface area (Å²) in [4.78, 5) is 17.6. The molecule has 0 atom stereocenters. The molecule has 5 heteroatoms. The van der Waals surface area contributed by atoms with Crippen molar-refractivity contribution in [1.82, 2.24) is 9.97 Å². The highest BCUT2D eigenvalue weighted by molar-refractivity contribution is 7.99. The zero-order valence-corrected chi connectivity index (χ0v) is 8.86. The van der Waals surface area contributed by atoms with Gasteiger partial charge in [0.2, 0.25) is 0 Å². The molecule has 0 fully saturated rings. The van der Waals surface area contributed by atoms with E-state index >= 15 is 0 Å². The summed E-state index contributed by atoms with van der Waals surface area (Å²) in [7, 11) is 0. The van der Waals surface area contributed by atoms with Crippen LogP contribution in [0.25, 0.3) is 0 Å². The summed E-state index contributed by atoms with van der Waals surface area (Å²) < 4.78 is 0. The minimum atomic E-state index is -0.213. The van der Waals surface area contributed by atoms with Crippen LogP contribution in [0.2, 0.25) is 0 Å². The summed E-state index contributed by atoms with van der Waals surface area (Å²) >= 11 is 1.47. The van der Waals surface area contributed by atoms with Crippen molar-refractivity contribution in [3.63, 3.8) is 0 Å². The topological polar surface area (TPSA) is 71.8 Å². The van der Waals surface area contributed by atoms with E-state index in [1.807, 2.05) is 6.92 Å². The van der Waals surface area contributed by atoms with E-state index in [4.69, 9.17) is 5.73 Å². The number of H-pyrrole nitrogens is 1. The molecule has 76 valence electrons. The van der Waals surface area contributed by atoms with Crippen LogP contribution in [0.4, 0.5) is 5.82 Å². The molecule has 4 nitrogen and oxygen atoms in total. The maximum atomic E-state index is 11.0. The molecule has 0 bridgehead atoms. The Hall–Kier alpha value is -1.23. The number of hydrogen-bond donors (Lipinski definition) is 2. The molecule has 0 aromatic carbocycles. The number of aromatic nitrogens is 2. The molecule has 0 radical (unpaired) electrons. The van der Waals surface area contributed by atoms with Gasteiger partial charge in [0, 0.05) is 11.8 Å². The molecule has 0 aliphatic rings. The normalized spacial score (nSPS) is 10.1. The van der Waals surface area contributed by atoms with Crippen molar-refractivity contribution >= 4 is 17.6 Å². The predicted molar refractivity (Wildman–Crippen MR) is 59.4 cm³/mol. The maximum absolute atomic E-state index is 11.0. The van der Waals surface area contributed by atoms with Crippen molar-refractivity contribution in [1.29, 1.82) is 0 Å². The third-order valence-electron chi connectivity index (χ3n) is 1.51. The van der Waals surface area contributed by atoms with E-state index in [0.29, 0.717) is 5.16 Å². The van der Waals surface area contributed by atoms with Gasteiger partial charge in [-0.25, -0.2) is 4.98 Å². The second-order valence-corrected chi connectivity index (χ2v) is 4.11. The number of hydrogen-bond acceptors (Lipinski definition) is 4. The molecule has 1 heterocycles. The number of aromatic amines is 1. The first-order valence-corrected chi connectivity index (χ1v) is 5.20. The maximum Gasteiger partial charge on any atom is 0.253 e. The van der Waals surface area contributed by atoms with Crippen LogP contribution in [-0.4, -0.2) is 15.7 Å². The van der Waals surface area contributed by atoms with Crippen LogP contribution in [0, 0.1) is 0 Å². The smallest absolute Gasteiger partial charge is 0.253 e. The van der Waals surface area contributed by atoms with Gasteiger partial charge in [0.25, 0.3) is 5.56 Å². The first-order chi connectivity index (χ1) is 6.58. The number of nitrogens with zero attached hydrogens (tertiary/aromatic N) is 1. The lowest BCUT2D eigenvalue weighted by Crippen LogP contribution is -2.09. The molecule has 0 saturated heterocycles. The molecule has 14 heavy (non-hydrogen) atoms. The van der Waals surface area contributed by atoms with Gasteiger partial charge in [-0.15, -0.1) is 6.58 Å². The zero-order chi connectivity index (χ0) is 10.6. The van der Waals surface area contributed by atoms with Gasteiger partial charge in [-0.1, -0.05) is 17.3 Å². The van der Waals surface area contributed by atoms with E-state index in [1.165, 1.54) is 17.8 Å². The second-order valence-electron chi connectivity index (χ2n) is 3.03. The Labute approximate surface area is 86.6 Å². The first kappa shape index (κ1) is 10.8. The first-order valence-electron chi connectivity index (χ1n) is 4.22. The number of nitrogen functional groups attached to an aromatic ring is 1. The summed E-state index contributed by atoms with van der Waals surface area (Å²) in [5.74, 6) is 1.11. The van der Waals surface area contributed by atoms with Crippen molar-refractivity contribution in [3.05, 3.63) is 28.6 Å². The van der Waals surface area contributed by atoms with E-state index < -0.39 is 0 Å². The quantitative estimate of drug-likeness (QED) is 0.449. The van der Waals surface area contributed by atoms with Gasteiger partial charge >= 0.3 is 0 Å². The van der Waals surface area contributed by atoms with Gasteiger partial charge in [0.15, 0.2) is 5.16 Å². The lowest BCUT2D eigenvalue weighted by Gasteiger charge is -2.00. The van der Waals surface area contributed by atoms with Crippen molar-refractivity contribution in [2.45, 2.75) is 18.5 Å². The van der Waals surface area contributed by atoms with E-state index in [1.54, 1.807) is 0 Å². The van der Waals surface area contributed by atoms with E-state index in [9.17, 15) is 4.79 Å². The number of thioether (sulfide) groups is 1. The second kappa shape index (κ2) is 4.85. The zero-order valence-electron chi connectivity index (χ0n) is 8.04. The Morgan fingerprint density at radius 1 is 1.79 bits per heavy atom. The molecule has 0 spiro atoms. The van der Waals surface area contributed by atoms with Crippen LogP contribution >= 0.6 is 11.8 Å². The van der Waals surface area contributed by atoms with Gasteiger partial charge in [-0.05, 0) is 13.3 Å². The fraction of sp³-hybridized carbons (Fsp3) is 0.333. The van der Waals surface area contributed by atoms with E-state index in [0.717, 1.165) is 17.7 Å². The molecule has 0 aliphatic carbocycles. The Morgan fingerprint density at radius 2 is 2.50 bits per heavy atom. The summed E-state index contributed by atoms with van der Waals surface area (Å²) in [5.41, 5.74) is 6.33. The highest BCUT2D eigenvalue weighted by Gasteiger charge is 1.99. The largest absolute Gasteiger partial charge is 0.383 e. The molecule has 3 N–H and O–H groups in total. The average Bonchev–Trinajstić information content (AvgIpc) is 2.01. The number of allylic oxidation sites excluding steroid dienone is 1. The molecule has 0 aliphatic heterocycles. The molecule has 1 aromatic rings. The van der Waals surface area contributed by atoms with Crippen molar-refractivity contribution in [2.24, 2.45) is 0 Å². The van der Waals surface area contributed by atoms with Crippen LogP contribution in [-0.2, 0) is 0 Å². The summed E-state index contributed by atoms with van der Waals surface area (Å²) in [6, 6.07) is 1.27. The van der Waals surface area contributed by atoms with Crippen LogP contribution in [0.5, 0.6) is 0 Å². The van der Waals surface area contributed by atoms with Crippen molar-refractivity contribution in [2.75, 3.05) is 11.5 Å². The average molecular weight is 211 g/mol. The van der Waals surface area contributed by atoms with Gasteiger partial charge in [0.1, 0.15) is 5.82 Å².